The molecule has 21 heavy (non-hydrogen) atoms. The lowest BCUT2D eigenvalue weighted by Gasteiger charge is -2.09. The Morgan fingerprint density at radius 2 is 2.14 bits per heavy atom. The van der Waals surface area contributed by atoms with Crippen LogP contribution in [0.25, 0.3) is 0 Å². The van der Waals surface area contributed by atoms with Crippen LogP contribution < -0.4 is 10.3 Å². The molecule has 0 spiro atoms. The van der Waals surface area contributed by atoms with Crippen molar-refractivity contribution < 1.29 is 14.6 Å². The summed E-state index contributed by atoms with van der Waals surface area (Å²) in [6.07, 6.45) is 1.29. The molecule has 1 N–H and O–H groups in total. The highest BCUT2D eigenvalue weighted by Crippen LogP contribution is 2.19. The lowest BCUT2D eigenvalue weighted by molar-refractivity contribution is 0.0696. The molecule has 0 amide bonds. The Hall–Kier alpha value is -3.07. The zero-order valence-corrected chi connectivity index (χ0v) is 11.2. The molecule has 0 bridgehead atoms. The van der Waals surface area contributed by atoms with Crippen LogP contribution in [0.2, 0.25) is 0 Å². The maximum absolute atomic E-state index is 11.8. The van der Waals surface area contributed by atoms with Crippen molar-refractivity contribution in [3.8, 4) is 11.8 Å². The number of carboxylic acids is 1. The van der Waals surface area contributed by atoms with Crippen LogP contribution in [0.4, 0.5) is 0 Å². The van der Waals surface area contributed by atoms with Crippen molar-refractivity contribution in [1.82, 2.24) is 4.57 Å². The molecular weight excluding hydrogens is 272 g/mol. The third kappa shape index (κ3) is 3.09. The largest absolute Gasteiger partial charge is 0.495 e. The molecule has 1 aromatic carbocycles. The molecule has 0 aliphatic rings. The standard InChI is InChI=1S/C15H12N2O4/c1-21-13-6-10(2-3-11(13)7-16)8-17-9-12(15(19)20)4-5-14(17)18/h2-6,9H,8H2,1H3,(H,19,20). The number of rotatable bonds is 4. The second kappa shape index (κ2) is 5.92. The van der Waals surface area contributed by atoms with E-state index in [0.717, 1.165) is 5.56 Å². The third-order valence-corrected chi connectivity index (χ3v) is 2.97. The number of methoxy groups -OCH3 is 1. The number of carboxylic acid groups (broad SMARTS) is 1. The predicted octanol–water partition coefficient (Wildman–Crippen LogP) is 1.48. The Bertz CT molecular complexity index is 787. The number of nitrogens with zero attached hydrogens (tertiary/aromatic N) is 2. The molecule has 0 unspecified atom stereocenters. The summed E-state index contributed by atoms with van der Waals surface area (Å²) >= 11 is 0. The molecule has 2 rings (SSSR count). The van der Waals surface area contributed by atoms with Gasteiger partial charge in [-0.3, -0.25) is 4.79 Å². The van der Waals surface area contributed by atoms with Gasteiger partial charge < -0.3 is 14.4 Å². The predicted molar refractivity (Wildman–Crippen MR) is 74.5 cm³/mol. The highest BCUT2D eigenvalue weighted by Gasteiger charge is 2.08. The summed E-state index contributed by atoms with van der Waals surface area (Å²) in [4.78, 5) is 22.7. The zero-order chi connectivity index (χ0) is 15.4. The van der Waals surface area contributed by atoms with E-state index in [9.17, 15) is 9.59 Å². The van der Waals surface area contributed by atoms with E-state index in [2.05, 4.69) is 0 Å². The topological polar surface area (TPSA) is 92.3 Å². The Kier molecular flexibility index (Phi) is 4.05. The molecule has 1 heterocycles. The van der Waals surface area contributed by atoms with Gasteiger partial charge in [0.15, 0.2) is 0 Å². The number of pyridine rings is 1. The highest BCUT2D eigenvalue weighted by atomic mass is 16.5. The fourth-order valence-corrected chi connectivity index (χ4v) is 1.90. The van der Waals surface area contributed by atoms with Crippen LogP contribution in [0.15, 0.2) is 41.3 Å². The average molecular weight is 284 g/mol. The first-order valence-electron chi connectivity index (χ1n) is 6.06. The Morgan fingerprint density at radius 3 is 2.76 bits per heavy atom. The van der Waals surface area contributed by atoms with Crippen LogP contribution in [0.1, 0.15) is 21.5 Å². The molecule has 0 saturated carbocycles. The van der Waals surface area contributed by atoms with E-state index in [-0.39, 0.29) is 17.7 Å². The smallest absolute Gasteiger partial charge is 0.337 e. The number of hydrogen-bond donors (Lipinski definition) is 1. The first kappa shape index (κ1) is 14.3. The van der Waals surface area contributed by atoms with E-state index in [4.69, 9.17) is 15.1 Å². The maximum atomic E-state index is 11.8. The van der Waals surface area contributed by atoms with Crippen molar-refractivity contribution in [3.63, 3.8) is 0 Å². The minimum absolute atomic E-state index is 0.0372. The Balaban J connectivity index is 2.39. The van der Waals surface area contributed by atoms with Gasteiger partial charge in [0.25, 0.3) is 5.56 Å². The lowest BCUT2D eigenvalue weighted by atomic mass is 10.1. The van der Waals surface area contributed by atoms with Crippen LogP contribution in [0, 0.1) is 11.3 Å². The van der Waals surface area contributed by atoms with Gasteiger partial charge in [0.1, 0.15) is 11.8 Å². The van der Waals surface area contributed by atoms with Crippen molar-refractivity contribution in [2.45, 2.75) is 6.54 Å². The summed E-state index contributed by atoms with van der Waals surface area (Å²) in [6.45, 7) is 0.196. The number of benzene rings is 1. The minimum atomic E-state index is -1.10. The van der Waals surface area contributed by atoms with Gasteiger partial charge in [-0.2, -0.15) is 5.26 Å². The van der Waals surface area contributed by atoms with Crippen molar-refractivity contribution in [3.05, 3.63) is 63.6 Å². The number of aromatic carboxylic acids is 1. The summed E-state index contributed by atoms with van der Waals surface area (Å²) in [6, 6.07) is 9.42. The SMILES string of the molecule is COc1cc(Cn2cc(C(=O)O)ccc2=O)ccc1C#N. The van der Waals surface area contributed by atoms with Crippen molar-refractivity contribution >= 4 is 5.97 Å². The summed E-state index contributed by atoms with van der Waals surface area (Å²) < 4.78 is 6.40. The van der Waals surface area contributed by atoms with Crippen LogP contribution >= 0.6 is 0 Å². The number of ether oxygens (including phenoxy) is 1. The second-order valence-electron chi connectivity index (χ2n) is 4.34. The molecule has 0 fully saturated rings. The van der Waals surface area contributed by atoms with E-state index in [1.165, 1.54) is 30.0 Å². The first-order chi connectivity index (χ1) is 10.0. The fourth-order valence-electron chi connectivity index (χ4n) is 1.90. The van der Waals surface area contributed by atoms with Crippen molar-refractivity contribution in [2.75, 3.05) is 7.11 Å². The summed E-state index contributed by atoms with van der Waals surface area (Å²) in [7, 11) is 1.46. The molecule has 0 radical (unpaired) electrons. The summed E-state index contributed by atoms with van der Waals surface area (Å²) in [5.41, 5.74) is 0.863. The average Bonchev–Trinajstić information content (AvgIpc) is 2.49. The molecule has 2 aromatic rings. The third-order valence-electron chi connectivity index (χ3n) is 2.97. The van der Waals surface area contributed by atoms with Crippen LogP contribution in [0.5, 0.6) is 5.75 Å². The van der Waals surface area contributed by atoms with Gasteiger partial charge in [0.05, 0.1) is 24.8 Å². The Labute approximate surface area is 120 Å². The van der Waals surface area contributed by atoms with Crippen LogP contribution in [0.3, 0.4) is 0 Å². The summed E-state index contributed by atoms with van der Waals surface area (Å²) in [5, 5.41) is 17.9. The van der Waals surface area contributed by atoms with E-state index in [1.54, 1.807) is 18.2 Å². The van der Waals surface area contributed by atoms with Gasteiger partial charge in [0, 0.05) is 12.3 Å². The van der Waals surface area contributed by atoms with Crippen molar-refractivity contribution in [1.29, 1.82) is 5.26 Å². The normalized spacial score (nSPS) is 9.90. The molecule has 1 aromatic heterocycles. The fraction of sp³-hybridized carbons (Fsp3) is 0.133. The van der Waals surface area contributed by atoms with Gasteiger partial charge in [-0.25, -0.2) is 4.79 Å². The van der Waals surface area contributed by atoms with E-state index in [1.807, 2.05) is 6.07 Å². The molecule has 106 valence electrons. The molecule has 0 atom stereocenters. The van der Waals surface area contributed by atoms with Crippen LogP contribution in [-0.2, 0) is 6.54 Å². The van der Waals surface area contributed by atoms with Gasteiger partial charge in [0.2, 0.25) is 0 Å². The zero-order valence-electron chi connectivity index (χ0n) is 11.2. The van der Waals surface area contributed by atoms with E-state index >= 15 is 0 Å². The van der Waals surface area contributed by atoms with Gasteiger partial charge >= 0.3 is 5.97 Å². The van der Waals surface area contributed by atoms with E-state index < -0.39 is 5.97 Å². The number of hydrogen-bond acceptors (Lipinski definition) is 4. The number of aromatic nitrogens is 1. The monoisotopic (exact) mass is 284 g/mol. The molecule has 0 aliphatic carbocycles. The van der Waals surface area contributed by atoms with Gasteiger partial charge in [-0.1, -0.05) is 6.07 Å². The summed E-state index contributed by atoms with van der Waals surface area (Å²) in [5.74, 6) is -0.682. The number of carbonyl (C=O) groups is 1. The van der Waals surface area contributed by atoms with E-state index in [0.29, 0.717) is 11.3 Å². The molecule has 6 nitrogen and oxygen atoms in total. The minimum Gasteiger partial charge on any atom is -0.495 e. The lowest BCUT2D eigenvalue weighted by Crippen LogP contribution is -2.20. The maximum Gasteiger partial charge on any atom is 0.337 e. The highest BCUT2D eigenvalue weighted by molar-refractivity contribution is 5.87. The van der Waals surface area contributed by atoms with Crippen LogP contribution in [-0.4, -0.2) is 22.8 Å². The quantitative estimate of drug-likeness (QED) is 0.917. The Morgan fingerprint density at radius 1 is 1.38 bits per heavy atom. The second-order valence-corrected chi connectivity index (χ2v) is 4.34. The molecule has 0 aliphatic heterocycles. The van der Waals surface area contributed by atoms with Gasteiger partial charge in [-0.15, -0.1) is 0 Å². The molecular formula is C15H12N2O4. The first-order valence-corrected chi connectivity index (χ1v) is 6.06. The number of nitriles is 1. The molecule has 6 heteroatoms. The van der Waals surface area contributed by atoms with Gasteiger partial charge in [-0.05, 0) is 23.8 Å². The van der Waals surface area contributed by atoms with Crippen molar-refractivity contribution in [2.24, 2.45) is 0 Å². The molecule has 0 saturated heterocycles.